The van der Waals surface area contributed by atoms with Crippen LogP contribution < -0.4 is 0 Å². The summed E-state index contributed by atoms with van der Waals surface area (Å²) in [6.45, 7) is 7.09. The van der Waals surface area contributed by atoms with Gasteiger partial charge in [-0.15, -0.1) is 0 Å². The first-order valence-corrected chi connectivity index (χ1v) is 5.40. The van der Waals surface area contributed by atoms with E-state index in [1.54, 1.807) is 35.8 Å². The Morgan fingerprint density at radius 3 is 2.43 bits per heavy atom. The second-order valence-electron chi connectivity index (χ2n) is 2.36. The molecule has 0 heterocycles. The molecular formula is C11H13BOS. The Bertz CT molecular complexity index is 300. The topological polar surface area (TPSA) is 17.1 Å². The Hall–Kier alpha value is -1.22. The molecule has 0 saturated carbocycles. The van der Waals surface area contributed by atoms with E-state index in [0.717, 1.165) is 0 Å². The average molecular weight is 204 g/mol. The fraction of sp³-hybridized carbons (Fsp3) is 0. The first-order valence-electron chi connectivity index (χ1n) is 4.11. The highest BCUT2D eigenvalue weighted by molar-refractivity contribution is 8.22. The van der Waals surface area contributed by atoms with Crippen molar-refractivity contribution < 1.29 is 4.79 Å². The Balaban J connectivity index is 4.66. The zero-order chi connectivity index (χ0) is 10.8. The first kappa shape index (κ1) is 12.8. The number of carbonyl (C=O) groups is 1. The van der Waals surface area contributed by atoms with Crippen molar-refractivity contribution in [3.63, 3.8) is 0 Å². The number of ketones is 1. The van der Waals surface area contributed by atoms with Crippen LogP contribution in [0.4, 0.5) is 0 Å². The van der Waals surface area contributed by atoms with Crippen LogP contribution in [0.25, 0.3) is 0 Å². The van der Waals surface area contributed by atoms with Crippen molar-refractivity contribution in [3.05, 3.63) is 60.6 Å². The van der Waals surface area contributed by atoms with Gasteiger partial charge < -0.3 is 0 Å². The molecule has 14 heavy (non-hydrogen) atoms. The smallest absolute Gasteiger partial charge is 0.186 e. The van der Waals surface area contributed by atoms with E-state index in [1.165, 1.54) is 17.7 Å². The number of hydrogen-bond donors (Lipinski definition) is 0. The van der Waals surface area contributed by atoms with Crippen LogP contribution in [0.5, 0.6) is 0 Å². The van der Waals surface area contributed by atoms with E-state index < -0.39 is 0 Å². The van der Waals surface area contributed by atoms with Crippen LogP contribution in [-0.4, -0.2) is 12.9 Å². The summed E-state index contributed by atoms with van der Waals surface area (Å²) in [5.74, 6) is -0.0302. The third-order valence-electron chi connectivity index (χ3n) is 1.35. The van der Waals surface area contributed by atoms with E-state index >= 15 is 0 Å². The number of hydrogen-bond acceptors (Lipinski definition) is 2. The lowest BCUT2D eigenvalue weighted by Gasteiger charge is -1.93. The molecule has 3 heteroatoms. The molecule has 0 unspecified atom stereocenters. The summed E-state index contributed by atoms with van der Waals surface area (Å²) >= 11 is 1.49. The quantitative estimate of drug-likeness (QED) is 0.375. The molecule has 0 bridgehead atoms. The van der Waals surface area contributed by atoms with Crippen LogP contribution in [0.2, 0.25) is 0 Å². The van der Waals surface area contributed by atoms with Gasteiger partial charge in [0.1, 0.15) is 0 Å². The summed E-state index contributed by atoms with van der Waals surface area (Å²) in [5, 5.41) is 1.75. The standard InChI is InChI=1S/C11H13BOS/c1-3-5-7-10(6-4-2)11(13)8-9-14-12/h3-9H,1-2,12H2/b7-5-,9-8+,10-6+. The highest BCUT2D eigenvalue weighted by Gasteiger charge is 1.99. The van der Waals surface area contributed by atoms with Crippen molar-refractivity contribution in [2.45, 2.75) is 0 Å². The summed E-state index contributed by atoms with van der Waals surface area (Å²) in [5.41, 5.74) is 0.602. The molecule has 0 N–H and O–H groups in total. The van der Waals surface area contributed by atoms with E-state index in [9.17, 15) is 4.79 Å². The largest absolute Gasteiger partial charge is 0.289 e. The van der Waals surface area contributed by atoms with Gasteiger partial charge in [0.05, 0.1) is 0 Å². The predicted octanol–water partition coefficient (Wildman–Crippen LogP) is 2.21. The van der Waals surface area contributed by atoms with Crippen molar-refractivity contribution in [2.75, 3.05) is 0 Å². The number of allylic oxidation sites excluding steroid dienone is 7. The van der Waals surface area contributed by atoms with Crippen molar-refractivity contribution in [1.82, 2.24) is 0 Å². The molecule has 0 fully saturated rings. The van der Waals surface area contributed by atoms with Crippen LogP contribution in [0, 0.1) is 0 Å². The second-order valence-corrected chi connectivity index (χ2v) is 3.10. The molecule has 0 aliphatic rings. The van der Waals surface area contributed by atoms with E-state index in [1.807, 2.05) is 7.12 Å². The maximum atomic E-state index is 11.5. The summed E-state index contributed by atoms with van der Waals surface area (Å²) in [7, 11) is 1.90. The molecular weight excluding hydrogens is 191 g/mol. The Morgan fingerprint density at radius 1 is 1.21 bits per heavy atom. The van der Waals surface area contributed by atoms with E-state index in [2.05, 4.69) is 13.2 Å². The van der Waals surface area contributed by atoms with Crippen molar-refractivity contribution in [2.24, 2.45) is 0 Å². The van der Waals surface area contributed by atoms with Gasteiger partial charge in [0.25, 0.3) is 0 Å². The van der Waals surface area contributed by atoms with Gasteiger partial charge >= 0.3 is 0 Å². The zero-order valence-electron chi connectivity index (χ0n) is 8.27. The van der Waals surface area contributed by atoms with E-state index in [4.69, 9.17) is 0 Å². The second kappa shape index (κ2) is 8.39. The van der Waals surface area contributed by atoms with Gasteiger partial charge in [0, 0.05) is 5.57 Å². The lowest BCUT2D eigenvalue weighted by molar-refractivity contribution is -0.111. The Kier molecular flexibility index (Phi) is 7.66. The first-order chi connectivity index (χ1) is 6.76. The monoisotopic (exact) mass is 204 g/mol. The molecule has 0 aliphatic carbocycles. The molecule has 0 spiro atoms. The molecule has 72 valence electrons. The van der Waals surface area contributed by atoms with Crippen LogP contribution in [0.3, 0.4) is 0 Å². The highest BCUT2D eigenvalue weighted by atomic mass is 32.2. The average Bonchev–Trinajstić information content (AvgIpc) is 2.20. The molecule has 1 nitrogen and oxygen atoms in total. The third kappa shape index (κ3) is 5.43. The zero-order valence-corrected chi connectivity index (χ0v) is 9.09. The normalized spacial score (nSPS) is 12.1. The van der Waals surface area contributed by atoms with Gasteiger partial charge in [-0.2, -0.15) is 11.6 Å². The summed E-state index contributed by atoms with van der Waals surface area (Å²) in [6.07, 6.45) is 9.86. The van der Waals surface area contributed by atoms with Crippen LogP contribution in [0.1, 0.15) is 0 Å². The fourth-order valence-electron chi connectivity index (χ4n) is 0.745. The third-order valence-corrected chi connectivity index (χ3v) is 1.76. The highest BCUT2D eigenvalue weighted by Crippen LogP contribution is 2.03. The summed E-state index contributed by atoms with van der Waals surface area (Å²) in [4.78, 5) is 11.5. The lowest BCUT2D eigenvalue weighted by Crippen LogP contribution is -1.94. The number of carbonyl (C=O) groups excluding carboxylic acids is 1. The van der Waals surface area contributed by atoms with Gasteiger partial charge in [0.2, 0.25) is 0 Å². The van der Waals surface area contributed by atoms with Crippen LogP contribution in [-0.2, 0) is 4.79 Å². The minimum atomic E-state index is -0.0302. The van der Waals surface area contributed by atoms with Crippen LogP contribution in [0.15, 0.2) is 60.6 Å². The Morgan fingerprint density at radius 2 is 1.93 bits per heavy atom. The predicted molar refractivity (Wildman–Crippen MR) is 67.9 cm³/mol. The summed E-state index contributed by atoms with van der Waals surface area (Å²) < 4.78 is 0. The molecule has 0 radical (unpaired) electrons. The Labute approximate surface area is 90.3 Å². The van der Waals surface area contributed by atoms with Crippen molar-refractivity contribution in [1.29, 1.82) is 0 Å². The van der Waals surface area contributed by atoms with Gasteiger partial charge in [-0.25, -0.2) is 0 Å². The SMILES string of the molecule is BS/C=C/C(=O)C(/C=C\C=C)=C/C=C. The van der Waals surface area contributed by atoms with Crippen LogP contribution >= 0.6 is 11.6 Å². The van der Waals surface area contributed by atoms with E-state index in [0.29, 0.717) is 5.57 Å². The fourth-order valence-corrected chi connectivity index (χ4v) is 1.00. The molecule has 0 aromatic rings. The molecule has 0 atom stereocenters. The van der Waals surface area contributed by atoms with Crippen molar-refractivity contribution >= 4 is 24.5 Å². The van der Waals surface area contributed by atoms with Crippen molar-refractivity contribution in [3.8, 4) is 0 Å². The maximum absolute atomic E-state index is 11.5. The molecule has 0 amide bonds. The van der Waals surface area contributed by atoms with Gasteiger partial charge in [-0.1, -0.05) is 43.5 Å². The lowest BCUT2D eigenvalue weighted by atomic mass is 10.1. The summed E-state index contributed by atoms with van der Waals surface area (Å²) in [6, 6.07) is 0. The number of rotatable bonds is 6. The van der Waals surface area contributed by atoms with Gasteiger partial charge in [-0.3, -0.25) is 4.79 Å². The van der Waals surface area contributed by atoms with E-state index in [-0.39, 0.29) is 5.78 Å². The minimum absolute atomic E-state index is 0.0302. The molecule has 0 rings (SSSR count). The molecule has 0 aromatic heterocycles. The van der Waals surface area contributed by atoms with Gasteiger partial charge in [0.15, 0.2) is 12.9 Å². The molecule has 0 aromatic carbocycles. The maximum Gasteiger partial charge on any atom is 0.186 e. The van der Waals surface area contributed by atoms with Gasteiger partial charge in [-0.05, 0) is 11.5 Å². The minimum Gasteiger partial charge on any atom is -0.289 e. The molecule has 0 aliphatic heterocycles. The molecule has 0 saturated heterocycles.